The summed E-state index contributed by atoms with van der Waals surface area (Å²) in [6.07, 6.45) is 1.64. The maximum atomic E-state index is 11.1. The van der Waals surface area contributed by atoms with E-state index in [1.807, 2.05) is 0 Å². The second kappa shape index (κ2) is 4.25. The fraction of sp³-hybridized carbons (Fsp3) is 0.400. The summed E-state index contributed by atoms with van der Waals surface area (Å²) in [6, 6.07) is 1.75. The van der Waals surface area contributed by atoms with E-state index in [2.05, 4.69) is 16.2 Å². The summed E-state index contributed by atoms with van der Waals surface area (Å²) in [5.41, 5.74) is -0.487. The van der Waals surface area contributed by atoms with Crippen molar-refractivity contribution in [3.8, 4) is 11.8 Å². The predicted octanol–water partition coefficient (Wildman–Crippen LogP) is 1.84. The van der Waals surface area contributed by atoms with E-state index in [1.54, 1.807) is 33.0 Å². The van der Waals surface area contributed by atoms with Gasteiger partial charge in [0.2, 0.25) is 0 Å². The fourth-order valence-corrected chi connectivity index (χ4v) is 1.15. The molecule has 1 heterocycles. The maximum absolute atomic E-state index is 11.1. The zero-order chi connectivity index (χ0) is 10.6. The molecule has 1 rings (SSSR count). The SMILES string of the molecule is CC(C)(C)OC(=O)C#Cc1ccns1. The van der Waals surface area contributed by atoms with Crippen molar-refractivity contribution in [1.29, 1.82) is 0 Å². The number of carbonyl (C=O) groups is 1. The Labute approximate surface area is 87.3 Å². The van der Waals surface area contributed by atoms with Gasteiger partial charge in [0.1, 0.15) is 5.60 Å². The molecule has 0 atom stereocenters. The summed E-state index contributed by atoms with van der Waals surface area (Å²) in [7, 11) is 0. The smallest absolute Gasteiger partial charge is 0.385 e. The van der Waals surface area contributed by atoms with Gasteiger partial charge in [-0.05, 0) is 44.3 Å². The number of ether oxygens (including phenoxy) is 1. The van der Waals surface area contributed by atoms with Crippen molar-refractivity contribution in [3.05, 3.63) is 17.1 Å². The van der Waals surface area contributed by atoms with Crippen LogP contribution in [0.4, 0.5) is 0 Å². The van der Waals surface area contributed by atoms with Crippen molar-refractivity contribution in [1.82, 2.24) is 4.37 Å². The van der Waals surface area contributed by atoms with Crippen LogP contribution in [0, 0.1) is 11.8 Å². The van der Waals surface area contributed by atoms with Crippen LogP contribution in [-0.4, -0.2) is 15.9 Å². The number of rotatable bonds is 0. The molecule has 0 amide bonds. The standard InChI is InChI=1S/C10H11NO2S/c1-10(2,3)13-9(12)5-4-8-6-7-11-14-8/h6-7H,1-3H3. The van der Waals surface area contributed by atoms with E-state index in [0.717, 1.165) is 4.88 Å². The Morgan fingerprint density at radius 3 is 2.79 bits per heavy atom. The Balaban J connectivity index is 2.57. The monoisotopic (exact) mass is 209 g/mol. The van der Waals surface area contributed by atoms with Gasteiger partial charge in [-0.3, -0.25) is 0 Å². The molecule has 3 nitrogen and oxygen atoms in total. The second-order valence-corrected chi connectivity index (χ2v) is 4.46. The minimum absolute atomic E-state index is 0.487. The average Bonchev–Trinajstić information content (AvgIpc) is 2.49. The first-order chi connectivity index (χ1) is 6.47. The lowest BCUT2D eigenvalue weighted by molar-refractivity contribution is -0.147. The second-order valence-electron chi connectivity index (χ2n) is 3.63. The highest BCUT2D eigenvalue weighted by Gasteiger charge is 2.14. The van der Waals surface area contributed by atoms with Gasteiger partial charge in [0.15, 0.2) is 0 Å². The van der Waals surface area contributed by atoms with Gasteiger partial charge in [0.25, 0.3) is 0 Å². The number of carbonyl (C=O) groups excluding carboxylic acids is 1. The van der Waals surface area contributed by atoms with E-state index in [-0.39, 0.29) is 0 Å². The van der Waals surface area contributed by atoms with Crippen LogP contribution < -0.4 is 0 Å². The summed E-state index contributed by atoms with van der Waals surface area (Å²) in [5, 5.41) is 0. The van der Waals surface area contributed by atoms with E-state index in [9.17, 15) is 4.79 Å². The molecular weight excluding hydrogens is 198 g/mol. The van der Waals surface area contributed by atoms with Gasteiger partial charge >= 0.3 is 5.97 Å². The molecule has 0 unspecified atom stereocenters. The first-order valence-corrected chi connectivity index (χ1v) is 4.90. The lowest BCUT2D eigenvalue weighted by Crippen LogP contribution is -2.22. The van der Waals surface area contributed by atoms with Gasteiger partial charge in [-0.25, -0.2) is 4.79 Å². The van der Waals surface area contributed by atoms with Crippen LogP contribution in [-0.2, 0) is 9.53 Å². The molecule has 0 saturated heterocycles. The topological polar surface area (TPSA) is 39.2 Å². The molecule has 0 N–H and O–H groups in total. The van der Waals surface area contributed by atoms with E-state index >= 15 is 0 Å². The number of hydrogen-bond acceptors (Lipinski definition) is 4. The summed E-state index contributed by atoms with van der Waals surface area (Å²) in [6.45, 7) is 5.41. The summed E-state index contributed by atoms with van der Waals surface area (Å²) >= 11 is 1.25. The van der Waals surface area contributed by atoms with Gasteiger partial charge < -0.3 is 4.74 Å². The Morgan fingerprint density at radius 1 is 1.57 bits per heavy atom. The lowest BCUT2D eigenvalue weighted by Gasteiger charge is -2.16. The van der Waals surface area contributed by atoms with Gasteiger partial charge in [0.05, 0.1) is 4.88 Å². The highest BCUT2D eigenvalue weighted by atomic mass is 32.1. The van der Waals surface area contributed by atoms with E-state index < -0.39 is 11.6 Å². The maximum Gasteiger partial charge on any atom is 0.385 e. The van der Waals surface area contributed by atoms with Crippen molar-refractivity contribution < 1.29 is 9.53 Å². The first kappa shape index (κ1) is 10.7. The zero-order valence-electron chi connectivity index (χ0n) is 8.33. The molecule has 0 aliphatic heterocycles. The molecule has 0 aromatic carbocycles. The summed E-state index contributed by atoms with van der Waals surface area (Å²) < 4.78 is 8.87. The molecule has 0 fully saturated rings. The number of aromatic nitrogens is 1. The number of hydrogen-bond donors (Lipinski definition) is 0. The first-order valence-electron chi connectivity index (χ1n) is 4.13. The van der Waals surface area contributed by atoms with Crippen molar-refractivity contribution in [2.24, 2.45) is 0 Å². The lowest BCUT2D eigenvalue weighted by atomic mass is 10.2. The van der Waals surface area contributed by atoms with E-state index in [0.29, 0.717) is 0 Å². The van der Waals surface area contributed by atoms with Gasteiger partial charge in [-0.2, -0.15) is 4.37 Å². The van der Waals surface area contributed by atoms with Crippen LogP contribution in [0.2, 0.25) is 0 Å². The zero-order valence-corrected chi connectivity index (χ0v) is 9.14. The van der Waals surface area contributed by atoms with Gasteiger partial charge in [-0.1, -0.05) is 0 Å². The molecule has 0 saturated carbocycles. The quantitative estimate of drug-likeness (QED) is 0.483. The van der Waals surface area contributed by atoms with Crippen molar-refractivity contribution in [2.45, 2.75) is 26.4 Å². The minimum atomic E-state index is -0.508. The highest BCUT2D eigenvalue weighted by Crippen LogP contribution is 2.06. The molecule has 74 valence electrons. The Kier molecular flexibility index (Phi) is 3.26. The summed E-state index contributed by atoms with van der Waals surface area (Å²) in [5.74, 6) is 4.57. The molecular formula is C10H11NO2S. The number of esters is 1. The van der Waals surface area contributed by atoms with Crippen molar-refractivity contribution in [3.63, 3.8) is 0 Å². The van der Waals surface area contributed by atoms with E-state index in [1.165, 1.54) is 11.5 Å². The third-order valence-corrected chi connectivity index (χ3v) is 1.79. The Morgan fingerprint density at radius 2 is 2.29 bits per heavy atom. The fourth-order valence-electron chi connectivity index (χ4n) is 0.696. The largest absolute Gasteiger partial charge is 0.450 e. The molecule has 0 spiro atoms. The summed E-state index contributed by atoms with van der Waals surface area (Å²) in [4.78, 5) is 11.9. The van der Waals surface area contributed by atoms with Crippen LogP contribution in [0.15, 0.2) is 12.3 Å². The molecule has 0 radical (unpaired) electrons. The van der Waals surface area contributed by atoms with Crippen LogP contribution >= 0.6 is 11.5 Å². The highest BCUT2D eigenvalue weighted by molar-refractivity contribution is 7.06. The predicted molar refractivity (Wildman–Crippen MR) is 54.8 cm³/mol. The Bertz CT molecular complexity index is 365. The van der Waals surface area contributed by atoms with Crippen LogP contribution in [0.5, 0.6) is 0 Å². The molecule has 1 aromatic heterocycles. The van der Waals surface area contributed by atoms with Crippen molar-refractivity contribution in [2.75, 3.05) is 0 Å². The normalized spacial score (nSPS) is 10.2. The van der Waals surface area contributed by atoms with Crippen LogP contribution in [0.25, 0.3) is 0 Å². The Hall–Kier alpha value is -1.34. The average molecular weight is 209 g/mol. The molecule has 0 aliphatic carbocycles. The molecule has 14 heavy (non-hydrogen) atoms. The molecule has 0 aliphatic rings. The number of nitrogens with zero attached hydrogens (tertiary/aromatic N) is 1. The van der Waals surface area contributed by atoms with Crippen molar-refractivity contribution >= 4 is 17.5 Å². The van der Waals surface area contributed by atoms with Crippen LogP contribution in [0.1, 0.15) is 25.6 Å². The van der Waals surface area contributed by atoms with Gasteiger partial charge in [-0.15, -0.1) is 0 Å². The molecule has 0 bridgehead atoms. The molecule has 1 aromatic rings. The van der Waals surface area contributed by atoms with Crippen LogP contribution in [0.3, 0.4) is 0 Å². The molecule has 4 heteroatoms. The van der Waals surface area contributed by atoms with Gasteiger partial charge in [0, 0.05) is 12.1 Å². The third kappa shape index (κ3) is 4.06. The third-order valence-electron chi connectivity index (χ3n) is 1.12. The van der Waals surface area contributed by atoms with E-state index in [4.69, 9.17) is 4.74 Å². The minimum Gasteiger partial charge on any atom is -0.450 e.